The summed E-state index contributed by atoms with van der Waals surface area (Å²) in [6.45, 7) is -2.70. The molecular weight excluding hydrogens is 373 g/mol. The summed E-state index contributed by atoms with van der Waals surface area (Å²) in [5.41, 5.74) is 1.65. The number of rotatable bonds is 6. The van der Waals surface area contributed by atoms with Crippen LogP contribution in [0.4, 0.5) is 13.2 Å². The van der Waals surface area contributed by atoms with Crippen LogP contribution in [0, 0.1) is 5.82 Å². The number of alkyl halides is 2. The maximum absolute atomic E-state index is 14.0. The van der Waals surface area contributed by atoms with Gasteiger partial charge < -0.3 is 14.0 Å². The Morgan fingerprint density at radius 2 is 1.75 bits per heavy atom. The molecular formula is C20H13F3N2O3. The summed E-state index contributed by atoms with van der Waals surface area (Å²) in [4.78, 5) is 4.23. The van der Waals surface area contributed by atoms with Gasteiger partial charge in [-0.25, -0.2) is 4.39 Å². The molecule has 4 rings (SSSR count). The molecule has 0 saturated heterocycles. The zero-order valence-corrected chi connectivity index (χ0v) is 14.3. The monoisotopic (exact) mass is 386 g/mol. The van der Waals surface area contributed by atoms with Gasteiger partial charge in [-0.1, -0.05) is 29.4 Å². The molecule has 0 aliphatic carbocycles. The molecule has 0 radical (unpaired) electrons. The largest absolute Gasteiger partial charge is 0.473 e. The first-order chi connectivity index (χ1) is 13.6. The van der Waals surface area contributed by atoms with Crippen molar-refractivity contribution in [1.82, 2.24) is 10.1 Å². The molecule has 0 aliphatic heterocycles. The lowest BCUT2D eigenvalue weighted by atomic mass is 10.1. The minimum absolute atomic E-state index is 0.0700. The first-order valence-corrected chi connectivity index (χ1v) is 8.28. The number of pyridine rings is 1. The first-order valence-electron chi connectivity index (χ1n) is 8.28. The smallest absolute Gasteiger partial charge is 0.387 e. The number of nitrogens with zero attached hydrogens (tertiary/aromatic N) is 2. The van der Waals surface area contributed by atoms with Gasteiger partial charge in [-0.3, -0.25) is 0 Å². The topological polar surface area (TPSA) is 57.4 Å². The van der Waals surface area contributed by atoms with Crippen molar-refractivity contribution in [3.05, 3.63) is 72.0 Å². The normalized spacial score (nSPS) is 11.1. The summed E-state index contributed by atoms with van der Waals surface area (Å²) in [5, 5.41) is 4.47. The van der Waals surface area contributed by atoms with Crippen LogP contribution >= 0.6 is 0 Å². The second-order valence-corrected chi connectivity index (χ2v) is 5.82. The first kappa shape index (κ1) is 17.8. The fourth-order valence-electron chi connectivity index (χ4n) is 2.66. The predicted molar refractivity (Wildman–Crippen MR) is 94.6 cm³/mol. The molecule has 8 heteroatoms. The maximum atomic E-state index is 14.0. The van der Waals surface area contributed by atoms with Crippen LogP contribution in [0.5, 0.6) is 11.6 Å². The van der Waals surface area contributed by atoms with Crippen LogP contribution < -0.4 is 9.47 Å². The van der Waals surface area contributed by atoms with Crippen molar-refractivity contribution in [2.45, 2.75) is 13.2 Å². The van der Waals surface area contributed by atoms with Crippen molar-refractivity contribution in [3.63, 3.8) is 0 Å². The molecule has 0 amide bonds. The maximum Gasteiger partial charge on any atom is 0.387 e. The number of hydrogen-bond donors (Lipinski definition) is 0. The van der Waals surface area contributed by atoms with Gasteiger partial charge in [0.15, 0.2) is 0 Å². The Kier molecular flexibility index (Phi) is 4.84. The Bertz CT molecular complexity index is 1100. The molecule has 0 unspecified atom stereocenters. The van der Waals surface area contributed by atoms with Crippen molar-refractivity contribution in [2.75, 3.05) is 0 Å². The van der Waals surface area contributed by atoms with Crippen molar-refractivity contribution in [1.29, 1.82) is 0 Å². The number of hydrogen-bond acceptors (Lipinski definition) is 5. The third kappa shape index (κ3) is 3.75. The fraction of sp³-hybridized carbons (Fsp3) is 0.100. The van der Waals surface area contributed by atoms with Crippen LogP contribution in [-0.4, -0.2) is 16.8 Å². The van der Waals surface area contributed by atoms with Gasteiger partial charge in [-0.05, 0) is 35.9 Å². The fourth-order valence-corrected chi connectivity index (χ4v) is 2.66. The van der Waals surface area contributed by atoms with Gasteiger partial charge in [-0.2, -0.15) is 13.8 Å². The van der Waals surface area contributed by atoms with Gasteiger partial charge in [0.2, 0.25) is 5.88 Å². The molecule has 0 saturated carbocycles. The minimum Gasteiger partial charge on any atom is -0.473 e. The van der Waals surface area contributed by atoms with Crippen molar-refractivity contribution in [2.24, 2.45) is 0 Å². The minimum atomic E-state index is -2.87. The number of halogens is 3. The summed E-state index contributed by atoms with van der Waals surface area (Å²) in [6.07, 6.45) is 0. The quantitative estimate of drug-likeness (QED) is 0.455. The van der Waals surface area contributed by atoms with Crippen molar-refractivity contribution in [3.8, 4) is 22.9 Å². The summed E-state index contributed by atoms with van der Waals surface area (Å²) in [6, 6.07) is 15.7. The van der Waals surface area contributed by atoms with E-state index in [-0.39, 0.29) is 23.9 Å². The Morgan fingerprint density at radius 1 is 0.964 bits per heavy atom. The summed E-state index contributed by atoms with van der Waals surface area (Å²) < 4.78 is 53.4. The molecule has 4 aromatic rings. The summed E-state index contributed by atoms with van der Waals surface area (Å²) in [5.74, 6) is -0.0467. The van der Waals surface area contributed by atoms with E-state index < -0.39 is 12.4 Å². The molecule has 2 aromatic carbocycles. The average Bonchev–Trinajstić information content (AvgIpc) is 3.10. The molecule has 2 heterocycles. The molecule has 0 N–H and O–H groups in total. The van der Waals surface area contributed by atoms with Crippen molar-refractivity contribution >= 4 is 11.1 Å². The number of aromatic nitrogens is 2. The van der Waals surface area contributed by atoms with E-state index in [2.05, 4.69) is 14.9 Å². The van der Waals surface area contributed by atoms with E-state index in [1.54, 1.807) is 42.5 Å². The van der Waals surface area contributed by atoms with Crippen molar-refractivity contribution < 1.29 is 27.2 Å². The van der Waals surface area contributed by atoms with E-state index in [1.165, 1.54) is 18.2 Å². The molecule has 28 heavy (non-hydrogen) atoms. The highest BCUT2D eigenvalue weighted by molar-refractivity contribution is 5.89. The number of benzene rings is 2. The van der Waals surface area contributed by atoms with Gasteiger partial charge in [0.05, 0.1) is 5.39 Å². The SMILES string of the molecule is Fc1ccccc1-c1noc2nc(OCc3ccc(OC(F)F)cc3)ccc12. The molecule has 0 aliphatic rings. The zero-order chi connectivity index (χ0) is 19.5. The van der Waals surface area contributed by atoms with Gasteiger partial charge in [0.25, 0.3) is 5.71 Å². The molecule has 0 spiro atoms. The van der Waals surface area contributed by atoms with E-state index in [9.17, 15) is 13.2 Å². The van der Waals surface area contributed by atoms with Crippen LogP contribution in [-0.2, 0) is 6.61 Å². The average molecular weight is 386 g/mol. The lowest BCUT2D eigenvalue weighted by Gasteiger charge is -2.07. The van der Waals surface area contributed by atoms with E-state index in [0.717, 1.165) is 5.56 Å². The standard InChI is InChI=1S/C20H13F3N2O3/c21-16-4-2-1-3-14(16)18-15-9-10-17(24-19(15)28-25-18)26-11-12-5-7-13(8-6-12)27-20(22)23/h1-10,20H,11H2. The summed E-state index contributed by atoms with van der Waals surface area (Å²) in [7, 11) is 0. The molecule has 0 fully saturated rings. The van der Waals surface area contributed by atoms with Crippen LogP contribution in [0.3, 0.4) is 0 Å². The third-order valence-corrected chi connectivity index (χ3v) is 3.98. The van der Waals surface area contributed by atoms with Gasteiger partial charge >= 0.3 is 6.61 Å². The number of ether oxygens (including phenoxy) is 2. The Morgan fingerprint density at radius 3 is 2.50 bits per heavy atom. The van der Waals surface area contributed by atoms with E-state index >= 15 is 0 Å². The highest BCUT2D eigenvalue weighted by Crippen LogP contribution is 2.30. The molecule has 5 nitrogen and oxygen atoms in total. The summed E-state index contributed by atoms with van der Waals surface area (Å²) >= 11 is 0. The molecule has 2 aromatic heterocycles. The van der Waals surface area contributed by atoms with Gasteiger partial charge in [-0.15, -0.1) is 0 Å². The molecule has 142 valence electrons. The van der Waals surface area contributed by atoms with E-state index in [1.807, 2.05) is 0 Å². The van der Waals surface area contributed by atoms with Crippen LogP contribution in [0.1, 0.15) is 5.56 Å². The van der Waals surface area contributed by atoms with Gasteiger partial charge in [0.1, 0.15) is 23.9 Å². The highest BCUT2D eigenvalue weighted by atomic mass is 19.3. The lowest BCUT2D eigenvalue weighted by molar-refractivity contribution is -0.0498. The second-order valence-electron chi connectivity index (χ2n) is 5.82. The van der Waals surface area contributed by atoms with Crippen LogP contribution in [0.15, 0.2) is 65.2 Å². The van der Waals surface area contributed by atoms with Crippen LogP contribution in [0.25, 0.3) is 22.4 Å². The molecule has 0 atom stereocenters. The zero-order valence-electron chi connectivity index (χ0n) is 14.3. The molecule has 0 bridgehead atoms. The Hall–Kier alpha value is -3.55. The second kappa shape index (κ2) is 7.59. The third-order valence-electron chi connectivity index (χ3n) is 3.98. The van der Waals surface area contributed by atoms with Crippen LogP contribution in [0.2, 0.25) is 0 Å². The number of fused-ring (bicyclic) bond motifs is 1. The Balaban J connectivity index is 1.49. The predicted octanol–water partition coefficient (Wildman–Crippen LogP) is 5.21. The van der Waals surface area contributed by atoms with E-state index in [0.29, 0.717) is 16.6 Å². The lowest BCUT2D eigenvalue weighted by Crippen LogP contribution is -2.02. The van der Waals surface area contributed by atoms with E-state index in [4.69, 9.17) is 9.26 Å². The Labute approximate surface area is 157 Å². The highest BCUT2D eigenvalue weighted by Gasteiger charge is 2.15. The van der Waals surface area contributed by atoms with Gasteiger partial charge in [0, 0.05) is 11.6 Å².